The summed E-state index contributed by atoms with van der Waals surface area (Å²) >= 11 is 0. The lowest BCUT2D eigenvalue weighted by molar-refractivity contribution is -0.136. The fourth-order valence-electron chi connectivity index (χ4n) is 3.61. The minimum absolute atomic E-state index is 0.215. The van der Waals surface area contributed by atoms with Gasteiger partial charge in [0.1, 0.15) is 11.5 Å². The standard InChI is InChI=1S/C27H24NO3P/c1-21-18-19-22(31-21)20-26(27(29)30-2)28-32(23-12-6-3-7-13-23,24-14-8-4-9-15-24)25-16-10-5-11-17-25/h3-20H,1-2H3/b26-20+. The molecule has 0 radical (unpaired) electrons. The molecule has 5 heteroatoms. The maximum Gasteiger partial charge on any atom is 0.356 e. The summed E-state index contributed by atoms with van der Waals surface area (Å²) in [6, 6.07) is 34.1. The molecule has 1 heterocycles. The summed E-state index contributed by atoms with van der Waals surface area (Å²) in [6.45, 7) is 1.86. The Bertz CT molecular complexity index is 1170. The number of rotatable bonds is 6. The summed E-state index contributed by atoms with van der Waals surface area (Å²) in [5, 5.41) is 3.13. The van der Waals surface area contributed by atoms with Crippen molar-refractivity contribution in [2.45, 2.75) is 6.92 Å². The maximum absolute atomic E-state index is 12.9. The molecule has 0 spiro atoms. The van der Waals surface area contributed by atoms with E-state index in [2.05, 4.69) is 36.4 Å². The predicted molar refractivity (Wildman–Crippen MR) is 131 cm³/mol. The first kappa shape index (κ1) is 21.6. The minimum atomic E-state index is -2.59. The molecule has 0 saturated carbocycles. The zero-order valence-corrected chi connectivity index (χ0v) is 18.9. The molecule has 0 aliphatic rings. The third-order valence-electron chi connectivity index (χ3n) is 5.08. The van der Waals surface area contributed by atoms with Crippen LogP contribution in [-0.2, 0) is 9.53 Å². The Morgan fingerprint density at radius 2 is 1.25 bits per heavy atom. The number of aryl methyl sites for hydroxylation is 1. The van der Waals surface area contributed by atoms with Gasteiger partial charge in [-0.1, -0.05) is 91.0 Å². The SMILES string of the molecule is COC(=O)/C(=C\c1ccc(C)o1)N=P(c1ccccc1)(c1ccccc1)c1ccccc1. The first-order valence-corrected chi connectivity index (χ1v) is 12.0. The molecule has 4 aromatic rings. The van der Waals surface area contributed by atoms with Crippen LogP contribution in [0.5, 0.6) is 0 Å². The monoisotopic (exact) mass is 441 g/mol. The Labute approximate surface area is 188 Å². The molecule has 4 rings (SSSR count). The van der Waals surface area contributed by atoms with E-state index in [1.54, 1.807) is 6.08 Å². The maximum atomic E-state index is 12.9. The number of methoxy groups -OCH3 is 1. The van der Waals surface area contributed by atoms with Crippen molar-refractivity contribution < 1.29 is 13.9 Å². The Kier molecular flexibility index (Phi) is 6.53. The van der Waals surface area contributed by atoms with Gasteiger partial charge in [0, 0.05) is 22.0 Å². The van der Waals surface area contributed by atoms with Crippen LogP contribution in [0.3, 0.4) is 0 Å². The number of hydrogen-bond acceptors (Lipinski definition) is 4. The van der Waals surface area contributed by atoms with Crippen molar-refractivity contribution in [1.82, 2.24) is 0 Å². The van der Waals surface area contributed by atoms with E-state index in [0.717, 1.165) is 21.7 Å². The Balaban J connectivity index is 2.11. The van der Waals surface area contributed by atoms with Crippen LogP contribution in [0.25, 0.3) is 6.08 Å². The molecule has 0 bridgehead atoms. The van der Waals surface area contributed by atoms with Gasteiger partial charge in [0.25, 0.3) is 0 Å². The summed E-state index contributed by atoms with van der Waals surface area (Å²) in [6.07, 6.45) is 1.66. The number of carbonyl (C=O) groups is 1. The summed E-state index contributed by atoms with van der Waals surface area (Å²) in [5.74, 6) is 0.806. The fraction of sp³-hybridized carbons (Fsp3) is 0.0741. The molecule has 0 amide bonds. The quantitative estimate of drug-likeness (QED) is 0.232. The number of nitrogens with zero attached hydrogens (tertiary/aromatic N) is 1. The van der Waals surface area contributed by atoms with E-state index >= 15 is 0 Å². The number of ether oxygens (including phenoxy) is 1. The smallest absolute Gasteiger partial charge is 0.356 e. The van der Waals surface area contributed by atoms with Crippen LogP contribution in [0.2, 0.25) is 0 Å². The van der Waals surface area contributed by atoms with Crippen molar-refractivity contribution >= 4 is 35.0 Å². The largest absolute Gasteiger partial charge is 0.464 e. The van der Waals surface area contributed by atoms with Crippen molar-refractivity contribution in [2.24, 2.45) is 4.74 Å². The van der Waals surface area contributed by atoms with Crippen LogP contribution in [0.15, 0.2) is 118 Å². The average Bonchev–Trinajstić information content (AvgIpc) is 3.27. The number of benzene rings is 3. The number of esters is 1. The molecule has 160 valence electrons. The highest BCUT2D eigenvalue weighted by molar-refractivity contribution is 7.87. The lowest BCUT2D eigenvalue weighted by Crippen LogP contribution is -2.26. The summed E-state index contributed by atoms with van der Waals surface area (Å²) in [7, 11) is -1.22. The van der Waals surface area contributed by atoms with Crippen LogP contribution in [0.1, 0.15) is 11.5 Å². The molecule has 0 aliphatic heterocycles. The van der Waals surface area contributed by atoms with Gasteiger partial charge in [0.15, 0.2) is 5.70 Å². The van der Waals surface area contributed by atoms with Gasteiger partial charge in [-0.2, -0.15) is 0 Å². The molecule has 32 heavy (non-hydrogen) atoms. The highest BCUT2D eigenvalue weighted by Gasteiger charge is 2.29. The molecule has 0 atom stereocenters. The second kappa shape index (κ2) is 9.67. The van der Waals surface area contributed by atoms with Gasteiger partial charge in [-0.05, 0) is 19.1 Å². The van der Waals surface area contributed by atoms with Crippen molar-refractivity contribution in [3.8, 4) is 0 Å². The Morgan fingerprint density at radius 1 is 0.781 bits per heavy atom. The van der Waals surface area contributed by atoms with Gasteiger partial charge in [0.2, 0.25) is 0 Å². The Hall–Kier alpha value is -3.62. The van der Waals surface area contributed by atoms with E-state index in [4.69, 9.17) is 13.9 Å². The highest BCUT2D eigenvalue weighted by atomic mass is 31.2. The van der Waals surface area contributed by atoms with Gasteiger partial charge < -0.3 is 9.15 Å². The molecular weight excluding hydrogens is 417 g/mol. The molecular formula is C27H24NO3P. The summed E-state index contributed by atoms with van der Waals surface area (Å²) in [5.41, 5.74) is 0.215. The zero-order chi connectivity index (χ0) is 22.4. The van der Waals surface area contributed by atoms with E-state index < -0.39 is 13.0 Å². The number of carbonyl (C=O) groups excluding carboxylic acids is 1. The van der Waals surface area contributed by atoms with E-state index in [9.17, 15) is 4.79 Å². The molecule has 0 fully saturated rings. The first-order valence-electron chi connectivity index (χ1n) is 10.3. The second-order valence-corrected chi connectivity index (χ2v) is 10.2. The lowest BCUT2D eigenvalue weighted by Gasteiger charge is -2.27. The third kappa shape index (κ3) is 4.37. The fourth-order valence-corrected chi connectivity index (χ4v) is 7.13. The second-order valence-electron chi connectivity index (χ2n) is 7.21. The van der Waals surface area contributed by atoms with Crippen LogP contribution in [-0.4, -0.2) is 13.1 Å². The molecule has 0 saturated heterocycles. The normalized spacial score (nSPS) is 11.8. The summed E-state index contributed by atoms with van der Waals surface area (Å²) < 4.78 is 16.1. The van der Waals surface area contributed by atoms with Crippen LogP contribution in [0, 0.1) is 6.92 Å². The average molecular weight is 441 g/mol. The van der Waals surface area contributed by atoms with Gasteiger partial charge in [-0.25, -0.2) is 9.54 Å². The van der Waals surface area contributed by atoms with Crippen molar-refractivity contribution in [2.75, 3.05) is 7.11 Å². The van der Waals surface area contributed by atoms with Gasteiger partial charge in [-0.3, -0.25) is 0 Å². The predicted octanol–water partition coefficient (Wildman–Crippen LogP) is 5.28. The van der Waals surface area contributed by atoms with E-state index in [0.29, 0.717) is 5.76 Å². The molecule has 4 nitrogen and oxygen atoms in total. The van der Waals surface area contributed by atoms with Gasteiger partial charge in [-0.15, -0.1) is 0 Å². The van der Waals surface area contributed by atoms with Gasteiger partial charge in [0.05, 0.1) is 14.2 Å². The molecule has 1 aromatic heterocycles. The van der Waals surface area contributed by atoms with Crippen molar-refractivity contribution in [3.63, 3.8) is 0 Å². The van der Waals surface area contributed by atoms with Crippen LogP contribution in [0.4, 0.5) is 0 Å². The van der Waals surface area contributed by atoms with Crippen molar-refractivity contribution in [1.29, 1.82) is 0 Å². The van der Waals surface area contributed by atoms with Crippen LogP contribution < -0.4 is 15.9 Å². The molecule has 0 unspecified atom stereocenters. The molecule has 0 aliphatic carbocycles. The number of furan rings is 1. The first-order chi connectivity index (χ1) is 15.6. The lowest BCUT2D eigenvalue weighted by atomic mass is 10.3. The Morgan fingerprint density at radius 3 is 1.62 bits per heavy atom. The van der Waals surface area contributed by atoms with E-state index in [-0.39, 0.29) is 5.70 Å². The minimum Gasteiger partial charge on any atom is -0.464 e. The number of hydrogen-bond donors (Lipinski definition) is 0. The van der Waals surface area contributed by atoms with Crippen LogP contribution >= 0.6 is 7.05 Å². The molecule has 0 N–H and O–H groups in total. The highest BCUT2D eigenvalue weighted by Crippen LogP contribution is 2.48. The summed E-state index contributed by atoms with van der Waals surface area (Å²) in [4.78, 5) is 12.9. The van der Waals surface area contributed by atoms with E-state index in [1.807, 2.05) is 73.7 Å². The topological polar surface area (TPSA) is 51.8 Å². The third-order valence-corrected chi connectivity index (χ3v) is 8.73. The zero-order valence-electron chi connectivity index (χ0n) is 18.0. The van der Waals surface area contributed by atoms with Gasteiger partial charge >= 0.3 is 5.97 Å². The molecule has 3 aromatic carbocycles. The van der Waals surface area contributed by atoms with E-state index in [1.165, 1.54) is 7.11 Å². The van der Waals surface area contributed by atoms with Crippen molar-refractivity contribution in [3.05, 3.63) is 120 Å².